The molecule has 0 bridgehead atoms. The molecule has 1 heterocycles. The summed E-state index contributed by atoms with van der Waals surface area (Å²) in [4.78, 5) is 11.7. The second-order valence-corrected chi connectivity index (χ2v) is 5.94. The third kappa shape index (κ3) is 2.76. The first-order chi connectivity index (χ1) is 7.29. The van der Waals surface area contributed by atoms with Crippen LogP contribution >= 0.6 is 11.8 Å². The Bertz CT molecular complexity index is 224. The monoisotopic (exact) mass is 228 g/mol. The van der Waals surface area contributed by atoms with Crippen molar-refractivity contribution >= 4 is 17.5 Å². The molecule has 1 N–H and O–H groups in total. The third-order valence-corrected chi connectivity index (χ3v) is 4.84. The van der Waals surface area contributed by atoms with Crippen LogP contribution in [0.2, 0.25) is 0 Å². The second kappa shape index (κ2) is 5.35. The van der Waals surface area contributed by atoms with Gasteiger partial charge in [-0.25, -0.2) is 0 Å². The zero-order valence-electron chi connectivity index (χ0n) is 9.15. The van der Waals surface area contributed by atoms with E-state index in [-0.39, 0.29) is 12.0 Å². The molecule has 2 aliphatic rings. The van der Waals surface area contributed by atoms with Gasteiger partial charge in [-0.05, 0) is 18.8 Å². The van der Waals surface area contributed by atoms with E-state index in [0.717, 1.165) is 24.3 Å². The van der Waals surface area contributed by atoms with Gasteiger partial charge >= 0.3 is 0 Å². The molecular formula is C12H20O2S. The van der Waals surface area contributed by atoms with Crippen LogP contribution in [0.25, 0.3) is 0 Å². The Balaban J connectivity index is 1.92. The highest BCUT2D eigenvalue weighted by Gasteiger charge is 2.34. The van der Waals surface area contributed by atoms with Crippen LogP contribution in [0.15, 0.2) is 0 Å². The van der Waals surface area contributed by atoms with Crippen molar-refractivity contribution in [3.63, 3.8) is 0 Å². The third-order valence-electron chi connectivity index (χ3n) is 3.75. The number of rotatable bonds is 2. The van der Waals surface area contributed by atoms with Gasteiger partial charge in [-0.15, -0.1) is 0 Å². The van der Waals surface area contributed by atoms with Crippen molar-refractivity contribution in [2.24, 2.45) is 11.8 Å². The molecule has 1 aliphatic carbocycles. The Morgan fingerprint density at radius 2 is 2.00 bits per heavy atom. The van der Waals surface area contributed by atoms with Gasteiger partial charge in [-0.2, -0.15) is 11.8 Å². The molecule has 0 unspecified atom stereocenters. The van der Waals surface area contributed by atoms with Gasteiger partial charge in [-0.1, -0.05) is 19.3 Å². The van der Waals surface area contributed by atoms with Crippen molar-refractivity contribution in [1.29, 1.82) is 0 Å². The minimum absolute atomic E-state index is 0.0631. The first kappa shape index (κ1) is 11.5. The summed E-state index contributed by atoms with van der Waals surface area (Å²) in [6.07, 6.45) is 6.32. The molecule has 2 fully saturated rings. The fourth-order valence-corrected chi connectivity index (χ4v) is 3.90. The van der Waals surface area contributed by atoms with Crippen LogP contribution in [0.4, 0.5) is 0 Å². The summed E-state index contributed by atoms with van der Waals surface area (Å²) < 4.78 is 0. The van der Waals surface area contributed by atoms with Gasteiger partial charge in [0.1, 0.15) is 5.78 Å². The number of carbonyl (C=O) groups is 1. The van der Waals surface area contributed by atoms with Crippen molar-refractivity contribution in [3.05, 3.63) is 0 Å². The summed E-state index contributed by atoms with van der Waals surface area (Å²) in [6, 6.07) is 0. The Labute approximate surface area is 95.8 Å². The molecule has 2 atom stereocenters. The van der Waals surface area contributed by atoms with Crippen molar-refractivity contribution in [2.75, 3.05) is 11.5 Å². The van der Waals surface area contributed by atoms with Crippen LogP contribution in [0.1, 0.15) is 38.5 Å². The molecule has 2 rings (SSSR count). The van der Waals surface area contributed by atoms with Gasteiger partial charge < -0.3 is 5.11 Å². The number of aliphatic hydroxyl groups excluding tert-OH is 1. The Kier molecular flexibility index (Phi) is 4.09. The molecule has 0 aromatic carbocycles. The lowest BCUT2D eigenvalue weighted by atomic mass is 9.79. The zero-order chi connectivity index (χ0) is 10.7. The number of hydrogen-bond acceptors (Lipinski definition) is 3. The molecule has 1 aliphatic heterocycles. The van der Waals surface area contributed by atoms with Crippen molar-refractivity contribution < 1.29 is 9.90 Å². The molecule has 3 heteroatoms. The van der Waals surface area contributed by atoms with Crippen LogP contribution in [-0.2, 0) is 4.79 Å². The lowest BCUT2D eigenvalue weighted by Gasteiger charge is -2.33. The Morgan fingerprint density at radius 3 is 2.67 bits per heavy atom. The van der Waals surface area contributed by atoms with Gasteiger partial charge in [0, 0.05) is 17.9 Å². The maximum absolute atomic E-state index is 11.7. The molecule has 2 nitrogen and oxygen atoms in total. The minimum atomic E-state index is -0.356. The number of hydrogen-bond donors (Lipinski definition) is 1. The maximum atomic E-state index is 11.7. The fraction of sp³-hybridized carbons (Fsp3) is 0.917. The summed E-state index contributed by atoms with van der Waals surface area (Å²) in [5.41, 5.74) is 0. The fourth-order valence-electron chi connectivity index (χ4n) is 2.75. The average molecular weight is 228 g/mol. The summed E-state index contributed by atoms with van der Waals surface area (Å²) in [5.74, 6) is 2.42. The SMILES string of the molecule is O=C1CCSC[C@H]1[C@@H](O)C1CCCCC1. The smallest absolute Gasteiger partial charge is 0.140 e. The van der Waals surface area contributed by atoms with Crippen LogP contribution in [-0.4, -0.2) is 28.5 Å². The highest BCUT2D eigenvalue weighted by atomic mass is 32.2. The Hall–Kier alpha value is -0.0200. The van der Waals surface area contributed by atoms with Crippen LogP contribution in [0.5, 0.6) is 0 Å². The largest absolute Gasteiger partial charge is 0.392 e. The molecule has 0 aromatic rings. The number of Topliss-reactive ketones (excluding diaryl/α,β-unsaturated/α-hetero) is 1. The Morgan fingerprint density at radius 1 is 1.27 bits per heavy atom. The zero-order valence-corrected chi connectivity index (χ0v) is 9.97. The normalized spacial score (nSPS) is 31.5. The lowest BCUT2D eigenvalue weighted by Crippen LogP contribution is -2.39. The highest BCUT2D eigenvalue weighted by Crippen LogP contribution is 2.33. The van der Waals surface area contributed by atoms with E-state index in [0.29, 0.717) is 18.1 Å². The molecular weight excluding hydrogens is 208 g/mol. The lowest BCUT2D eigenvalue weighted by molar-refractivity contribution is -0.126. The molecule has 0 spiro atoms. The van der Waals surface area contributed by atoms with E-state index in [4.69, 9.17) is 0 Å². The van der Waals surface area contributed by atoms with Crippen LogP contribution in [0.3, 0.4) is 0 Å². The van der Waals surface area contributed by atoms with E-state index in [2.05, 4.69) is 0 Å². The maximum Gasteiger partial charge on any atom is 0.140 e. The molecule has 0 aromatic heterocycles. The van der Waals surface area contributed by atoms with E-state index in [1.807, 2.05) is 11.8 Å². The topological polar surface area (TPSA) is 37.3 Å². The van der Waals surface area contributed by atoms with Gasteiger partial charge in [0.05, 0.1) is 12.0 Å². The average Bonchev–Trinajstić information content (AvgIpc) is 2.30. The first-order valence-electron chi connectivity index (χ1n) is 6.07. The van der Waals surface area contributed by atoms with Crippen LogP contribution in [0, 0.1) is 11.8 Å². The van der Waals surface area contributed by atoms with E-state index in [1.54, 1.807) is 0 Å². The first-order valence-corrected chi connectivity index (χ1v) is 7.23. The van der Waals surface area contributed by atoms with Gasteiger partial charge in [-0.3, -0.25) is 4.79 Å². The summed E-state index contributed by atoms with van der Waals surface area (Å²) in [7, 11) is 0. The van der Waals surface area contributed by atoms with E-state index in [1.165, 1.54) is 19.3 Å². The molecule has 86 valence electrons. The quantitative estimate of drug-likeness (QED) is 0.787. The highest BCUT2D eigenvalue weighted by molar-refractivity contribution is 7.99. The van der Waals surface area contributed by atoms with Crippen molar-refractivity contribution in [3.8, 4) is 0 Å². The van der Waals surface area contributed by atoms with E-state index >= 15 is 0 Å². The minimum Gasteiger partial charge on any atom is -0.392 e. The summed E-state index contributed by atoms with van der Waals surface area (Å²) in [5, 5.41) is 10.2. The molecule has 0 radical (unpaired) electrons. The summed E-state index contributed by atoms with van der Waals surface area (Å²) in [6.45, 7) is 0. The molecule has 0 amide bonds. The van der Waals surface area contributed by atoms with E-state index in [9.17, 15) is 9.90 Å². The van der Waals surface area contributed by atoms with Gasteiger partial charge in [0.15, 0.2) is 0 Å². The molecule has 15 heavy (non-hydrogen) atoms. The predicted molar refractivity (Wildman–Crippen MR) is 63.0 cm³/mol. The van der Waals surface area contributed by atoms with Gasteiger partial charge in [0.25, 0.3) is 0 Å². The van der Waals surface area contributed by atoms with Crippen molar-refractivity contribution in [1.82, 2.24) is 0 Å². The van der Waals surface area contributed by atoms with Crippen LogP contribution < -0.4 is 0 Å². The molecule has 1 saturated carbocycles. The van der Waals surface area contributed by atoms with Crippen molar-refractivity contribution in [2.45, 2.75) is 44.6 Å². The summed E-state index contributed by atoms with van der Waals surface area (Å²) >= 11 is 1.82. The number of aliphatic hydroxyl groups is 1. The van der Waals surface area contributed by atoms with Gasteiger partial charge in [0.2, 0.25) is 0 Å². The standard InChI is InChI=1S/C12H20O2S/c13-11-6-7-15-8-10(11)12(14)9-4-2-1-3-5-9/h9-10,12,14H,1-8H2/t10-,12+/m1/s1. The number of ketones is 1. The van der Waals surface area contributed by atoms with E-state index < -0.39 is 0 Å². The second-order valence-electron chi connectivity index (χ2n) is 4.79. The number of carbonyl (C=O) groups excluding carboxylic acids is 1. The predicted octanol–water partition coefficient (Wildman–Crippen LogP) is 2.25. The molecule has 1 saturated heterocycles. The number of thioether (sulfide) groups is 1.